The Morgan fingerprint density at radius 2 is 1.05 bits per heavy atom. The van der Waals surface area contributed by atoms with Crippen molar-refractivity contribution in [3.63, 3.8) is 0 Å². The van der Waals surface area contributed by atoms with Crippen LogP contribution in [0.2, 0.25) is 0 Å². The second-order valence-corrected chi connectivity index (χ2v) is 14.8. The molecule has 0 aromatic heterocycles. The van der Waals surface area contributed by atoms with Crippen molar-refractivity contribution in [1.29, 1.82) is 0 Å². The number of carbonyl (C=O) groups is 4. The standard InChI is InChI=1S/C48H80N2O7/c1-3-5-7-9-11-12-13-14-15-16-17-18-19-20-21-22-23-24-25-26-28-30-36-40-47(54)57-43(37-33-29-27-10-8-6-4-2)38-34-31-32-35-39-45(52)49-41-46(53)50-44(42-51)48(55)56/h5,7,10-12,14-15,17-18,27,33,37,43-44,51H,3-4,6,8-9,13,16,19-26,28-32,34-36,38-42H2,1-2H3,(H,49,52)(H,50,53)(H,55,56)/b7-5-,12-11-,15-14-,18-17-,27-10-,37-33-. The normalized spacial score (nSPS) is 13.2. The summed E-state index contributed by atoms with van der Waals surface area (Å²) in [5.41, 5.74) is 0. The largest absolute Gasteiger partial charge is 0.480 e. The number of carboxylic acids is 1. The predicted molar refractivity (Wildman–Crippen MR) is 236 cm³/mol. The average molecular weight is 797 g/mol. The van der Waals surface area contributed by atoms with E-state index in [4.69, 9.17) is 14.9 Å². The third-order valence-corrected chi connectivity index (χ3v) is 9.42. The van der Waals surface area contributed by atoms with Crippen LogP contribution in [0, 0.1) is 0 Å². The zero-order chi connectivity index (χ0) is 41.9. The summed E-state index contributed by atoms with van der Waals surface area (Å²) in [5, 5.41) is 22.5. The molecule has 0 heterocycles. The molecular formula is C48H80N2O7. The lowest BCUT2D eigenvalue weighted by Crippen LogP contribution is -2.47. The molecule has 9 heteroatoms. The van der Waals surface area contributed by atoms with E-state index in [0.717, 1.165) is 83.5 Å². The third kappa shape index (κ3) is 38.9. The molecule has 4 N–H and O–H groups in total. The molecule has 0 radical (unpaired) electrons. The lowest BCUT2D eigenvalue weighted by atomic mass is 10.0. The number of nitrogens with one attached hydrogen (secondary N) is 2. The maximum absolute atomic E-state index is 12.7. The van der Waals surface area contributed by atoms with E-state index in [0.29, 0.717) is 12.8 Å². The van der Waals surface area contributed by atoms with Gasteiger partial charge in [0.2, 0.25) is 11.8 Å². The highest BCUT2D eigenvalue weighted by atomic mass is 16.5. The Kier molecular flexibility index (Phi) is 39.2. The molecule has 0 rings (SSSR count). The number of amides is 2. The molecule has 0 spiro atoms. The van der Waals surface area contributed by atoms with E-state index in [-0.39, 0.29) is 30.9 Å². The first-order valence-corrected chi connectivity index (χ1v) is 22.3. The summed E-state index contributed by atoms with van der Waals surface area (Å²) < 4.78 is 5.88. The number of hydrogen-bond donors (Lipinski definition) is 4. The number of esters is 1. The Labute approximate surface area is 346 Å². The van der Waals surface area contributed by atoms with Crippen molar-refractivity contribution in [2.75, 3.05) is 13.2 Å². The SMILES string of the molecule is CC/C=C\C/C=C\C/C=C\C/C=C\CCCCCCCCCCCCC(=O)OC(/C=C\C/C=C\CCCC)CCCCCCC(=O)NCC(=O)NC(CO)C(=O)O. The number of unbranched alkanes of at least 4 members (excludes halogenated alkanes) is 15. The van der Waals surface area contributed by atoms with Crippen LogP contribution < -0.4 is 10.6 Å². The molecule has 57 heavy (non-hydrogen) atoms. The van der Waals surface area contributed by atoms with Crippen molar-refractivity contribution >= 4 is 23.8 Å². The van der Waals surface area contributed by atoms with Gasteiger partial charge < -0.3 is 25.6 Å². The monoisotopic (exact) mass is 797 g/mol. The molecular weight excluding hydrogens is 717 g/mol. The van der Waals surface area contributed by atoms with Gasteiger partial charge in [-0.15, -0.1) is 0 Å². The minimum absolute atomic E-state index is 0.136. The van der Waals surface area contributed by atoms with Crippen molar-refractivity contribution in [1.82, 2.24) is 10.6 Å². The summed E-state index contributed by atoms with van der Waals surface area (Å²) in [7, 11) is 0. The summed E-state index contributed by atoms with van der Waals surface area (Å²) in [6, 6.07) is -1.39. The van der Waals surface area contributed by atoms with Gasteiger partial charge in [-0.2, -0.15) is 0 Å². The molecule has 0 saturated carbocycles. The average Bonchev–Trinajstić information content (AvgIpc) is 3.20. The van der Waals surface area contributed by atoms with Crippen LogP contribution >= 0.6 is 0 Å². The Morgan fingerprint density at radius 1 is 0.561 bits per heavy atom. The molecule has 0 aromatic carbocycles. The lowest BCUT2D eigenvalue weighted by molar-refractivity contribution is -0.147. The molecule has 0 aliphatic rings. The van der Waals surface area contributed by atoms with E-state index < -0.39 is 24.5 Å². The van der Waals surface area contributed by atoms with Gasteiger partial charge in [-0.3, -0.25) is 14.4 Å². The summed E-state index contributed by atoms with van der Waals surface area (Å²) in [5.74, 6) is -2.44. The van der Waals surface area contributed by atoms with Gasteiger partial charge in [0.15, 0.2) is 0 Å². The smallest absolute Gasteiger partial charge is 0.328 e. The highest BCUT2D eigenvalue weighted by Gasteiger charge is 2.18. The molecule has 9 nitrogen and oxygen atoms in total. The zero-order valence-electron chi connectivity index (χ0n) is 35.8. The number of aliphatic hydroxyl groups is 1. The second-order valence-electron chi connectivity index (χ2n) is 14.8. The fourth-order valence-corrected chi connectivity index (χ4v) is 5.99. The quantitative estimate of drug-likeness (QED) is 0.0276. The number of carbonyl (C=O) groups excluding carboxylic acids is 3. The van der Waals surface area contributed by atoms with Crippen LogP contribution in [0.25, 0.3) is 0 Å². The number of aliphatic hydroxyl groups excluding tert-OH is 1. The van der Waals surface area contributed by atoms with Gasteiger partial charge in [0, 0.05) is 12.8 Å². The van der Waals surface area contributed by atoms with Gasteiger partial charge >= 0.3 is 11.9 Å². The Balaban J connectivity index is 4.13. The molecule has 0 bridgehead atoms. The van der Waals surface area contributed by atoms with Crippen molar-refractivity contribution in [3.05, 3.63) is 72.9 Å². The minimum Gasteiger partial charge on any atom is -0.480 e. The molecule has 0 aliphatic heterocycles. The number of aliphatic carboxylic acids is 1. The van der Waals surface area contributed by atoms with Crippen LogP contribution in [0.5, 0.6) is 0 Å². The predicted octanol–water partition coefficient (Wildman–Crippen LogP) is 11.1. The van der Waals surface area contributed by atoms with Crippen molar-refractivity contribution < 1.29 is 34.1 Å². The van der Waals surface area contributed by atoms with Gasteiger partial charge in [0.1, 0.15) is 12.1 Å². The Morgan fingerprint density at radius 3 is 1.61 bits per heavy atom. The van der Waals surface area contributed by atoms with Crippen LogP contribution in [0.15, 0.2) is 72.9 Å². The maximum Gasteiger partial charge on any atom is 0.328 e. The molecule has 0 fully saturated rings. The second kappa shape index (κ2) is 41.9. The van der Waals surface area contributed by atoms with Gasteiger partial charge in [-0.05, 0) is 83.1 Å². The van der Waals surface area contributed by atoms with Crippen LogP contribution in [0.3, 0.4) is 0 Å². The molecule has 324 valence electrons. The first kappa shape index (κ1) is 53.3. The van der Waals surface area contributed by atoms with Gasteiger partial charge in [0.25, 0.3) is 0 Å². The summed E-state index contributed by atoms with van der Waals surface area (Å²) in [6.07, 6.45) is 52.5. The lowest BCUT2D eigenvalue weighted by Gasteiger charge is -2.15. The number of ether oxygens (including phenoxy) is 1. The summed E-state index contributed by atoms with van der Waals surface area (Å²) >= 11 is 0. The third-order valence-electron chi connectivity index (χ3n) is 9.42. The van der Waals surface area contributed by atoms with E-state index >= 15 is 0 Å². The molecule has 0 saturated heterocycles. The number of allylic oxidation sites excluding steroid dienone is 11. The molecule has 0 aliphatic carbocycles. The maximum atomic E-state index is 12.7. The van der Waals surface area contributed by atoms with Crippen molar-refractivity contribution in [2.45, 2.75) is 193 Å². The van der Waals surface area contributed by atoms with E-state index in [2.05, 4.69) is 91.3 Å². The van der Waals surface area contributed by atoms with E-state index in [1.165, 1.54) is 64.2 Å². The zero-order valence-corrected chi connectivity index (χ0v) is 35.8. The fraction of sp³-hybridized carbons (Fsp3) is 0.667. The van der Waals surface area contributed by atoms with Gasteiger partial charge in [0.05, 0.1) is 13.2 Å². The summed E-state index contributed by atoms with van der Waals surface area (Å²) in [4.78, 5) is 47.5. The van der Waals surface area contributed by atoms with Crippen LogP contribution in [0.1, 0.15) is 181 Å². The van der Waals surface area contributed by atoms with Gasteiger partial charge in [-0.25, -0.2) is 4.79 Å². The molecule has 2 unspecified atom stereocenters. The summed E-state index contributed by atoms with van der Waals surface area (Å²) in [6.45, 7) is 3.27. The van der Waals surface area contributed by atoms with Crippen molar-refractivity contribution in [3.8, 4) is 0 Å². The number of carboxylic acid groups (broad SMARTS) is 1. The van der Waals surface area contributed by atoms with Crippen LogP contribution in [-0.2, 0) is 23.9 Å². The molecule has 0 aromatic rings. The molecule has 2 atom stereocenters. The van der Waals surface area contributed by atoms with Crippen LogP contribution in [0.4, 0.5) is 0 Å². The molecule has 2 amide bonds. The van der Waals surface area contributed by atoms with Crippen LogP contribution in [-0.4, -0.2) is 59.3 Å². The van der Waals surface area contributed by atoms with Gasteiger partial charge in [-0.1, -0.05) is 158 Å². The highest BCUT2D eigenvalue weighted by Crippen LogP contribution is 2.15. The first-order chi connectivity index (χ1) is 27.8. The van der Waals surface area contributed by atoms with Crippen molar-refractivity contribution in [2.24, 2.45) is 0 Å². The fourth-order valence-electron chi connectivity index (χ4n) is 5.99. The highest BCUT2D eigenvalue weighted by molar-refractivity contribution is 5.87. The minimum atomic E-state index is -1.39. The van der Waals surface area contributed by atoms with E-state index in [1.807, 2.05) is 6.08 Å². The van der Waals surface area contributed by atoms with E-state index in [9.17, 15) is 19.2 Å². The Hall–Kier alpha value is -3.72. The first-order valence-electron chi connectivity index (χ1n) is 22.3. The number of rotatable bonds is 39. The Bertz CT molecular complexity index is 1190. The number of hydrogen-bond acceptors (Lipinski definition) is 6. The topological polar surface area (TPSA) is 142 Å². The van der Waals surface area contributed by atoms with E-state index in [1.54, 1.807) is 0 Å².